The Morgan fingerprint density at radius 3 is 2.76 bits per heavy atom. The van der Waals surface area contributed by atoms with Crippen LogP contribution in [0.4, 0.5) is 17.6 Å². The number of carbonyl (C=O) groups excluding carboxylic acids is 1. The number of aryl methyl sites for hydroxylation is 1. The molecule has 9 heteroatoms. The molecule has 1 aliphatic heterocycles. The molecule has 0 aliphatic carbocycles. The number of benzene rings is 1. The van der Waals surface area contributed by atoms with Crippen LogP contribution < -0.4 is 5.32 Å². The molecule has 0 saturated carbocycles. The fraction of sp³-hybridized carbons (Fsp3) is 0.250. The van der Waals surface area contributed by atoms with Crippen molar-refractivity contribution in [1.29, 1.82) is 0 Å². The molecule has 29 heavy (non-hydrogen) atoms. The molecule has 5 nitrogen and oxygen atoms in total. The van der Waals surface area contributed by atoms with Gasteiger partial charge in [0.05, 0.1) is 28.2 Å². The monoisotopic (exact) mass is 404 g/mol. The van der Waals surface area contributed by atoms with E-state index in [2.05, 4.69) is 15.4 Å². The number of carbonyl (C=O) groups is 1. The lowest BCUT2D eigenvalue weighted by Crippen LogP contribution is -2.32. The predicted octanol–water partition coefficient (Wildman–Crippen LogP) is 3.61. The van der Waals surface area contributed by atoms with Crippen LogP contribution in [0.1, 0.15) is 38.6 Å². The molecule has 0 spiro atoms. The number of rotatable bonds is 3. The van der Waals surface area contributed by atoms with Gasteiger partial charge in [0.2, 0.25) is 0 Å². The summed E-state index contributed by atoms with van der Waals surface area (Å²) in [7, 11) is 0. The molecule has 2 aromatic heterocycles. The number of amides is 1. The number of nitrogens with one attached hydrogen (secondary N) is 1. The fourth-order valence-corrected chi connectivity index (χ4v) is 3.52. The Balaban J connectivity index is 1.69. The molecule has 1 aromatic carbocycles. The molecule has 0 saturated heterocycles. The van der Waals surface area contributed by atoms with Crippen LogP contribution in [0.15, 0.2) is 36.5 Å². The second kappa shape index (κ2) is 6.98. The van der Waals surface area contributed by atoms with Crippen molar-refractivity contribution in [2.24, 2.45) is 0 Å². The normalized spacial score (nSPS) is 13.9. The van der Waals surface area contributed by atoms with E-state index in [-0.39, 0.29) is 17.9 Å². The maximum atomic E-state index is 13.7. The topological polar surface area (TPSA) is 59.8 Å². The summed E-state index contributed by atoms with van der Waals surface area (Å²) in [5, 5.41) is 7.22. The van der Waals surface area contributed by atoms with Crippen LogP contribution in [0.2, 0.25) is 0 Å². The van der Waals surface area contributed by atoms with Crippen molar-refractivity contribution in [3.63, 3.8) is 0 Å². The first-order valence-electron chi connectivity index (χ1n) is 8.91. The highest BCUT2D eigenvalue weighted by molar-refractivity contribution is 5.97. The van der Waals surface area contributed by atoms with E-state index in [9.17, 15) is 22.4 Å². The molecule has 3 heterocycles. The van der Waals surface area contributed by atoms with Crippen molar-refractivity contribution < 1.29 is 22.4 Å². The van der Waals surface area contributed by atoms with Crippen molar-refractivity contribution in [1.82, 2.24) is 20.1 Å². The molecule has 1 aliphatic rings. The molecule has 0 radical (unpaired) electrons. The van der Waals surface area contributed by atoms with Crippen LogP contribution in [0.25, 0.3) is 5.69 Å². The molecule has 1 amide bonds. The Bertz CT molecular complexity index is 1100. The van der Waals surface area contributed by atoms with Crippen LogP contribution >= 0.6 is 0 Å². The van der Waals surface area contributed by atoms with Gasteiger partial charge >= 0.3 is 6.18 Å². The Labute approximate surface area is 163 Å². The van der Waals surface area contributed by atoms with Gasteiger partial charge in [-0.2, -0.15) is 18.3 Å². The standard InChI is InChI=1S/C20H16F4N4O/c1-11-18-17(3-5-26-19(18)29)28(27-11)16-2-4-25-15(10-16)8-12-6-13(20(22,23)24)9-14(21)7-12/h2,4,6-7,9-10H,3,5,8H2,1H3,(H,26,29). The lowest BCUT2D eigenvalue weighted by molar-refractivity contribution is -0.137. The number of pyridine rings is 1. The zero-order chi connectivity index (χ0) is 20.8. The second-order valence-corrected chi connectivity index (χ2v) is 6.85. The number of halogens is 4. The maximum Gasteiger partial charge on any atom is 0.416 e. The van der Waals surface area contributed by atoms with E-state index >= 15 is 0 Å². The number of fused-ring (bicyclic) bond motifs is 1. The first-order chi connectivity index (χ1) is 13.7. The van der Waals surface area contributed by atoms with E-state index in [1.54, 1.807) is 23.7 Å². The van der Waals surface area contributed by atoms with Gasteiger partial charge in [0.25, 0.3) is 5.91 Å². The summed E-state index contributed by atoms with van der Waals surface area (Å²) in [4.78, 5) is 16.3. The quantitative estimate of drug-likeness (QED) is 0.679. The highest BCUT2D eigenvalue weighted by Gasteiger charge is 2.31. The van der Waals surface area contributed by atoms with Gasteiger partial charge in [-0.25, -0.2) is 9.07 Å². The Morgan fingerprint density at radius 1 is 1.21 bits per heavy atom. The van der Waals surface area contributed by atoms with Crippen molar-refractivity contribution in [2.45, 2.75) is 25.9 Å². The van der Waals surface area contributed by atoms with Crippen molar-refractivity contribution in [3.05, 3.63) is 76.1 Å². The van der Waals surface area contributed by atoms with E-state index in [0.717, 1.165) is 17.8 Å². The lowest BCUT2D eigenvalue weighted by atomic mass is 10.0. The molecular formula is C20H16F4N4O. The third-order valence-electron chi connectivity index (χ3n) is 4.75. The van der Waals surface area contributed by atoms with Gasteiger partial charge in [-0.1, -0.05) is 0 Å². The number of nitrogens with zero attached hydrogens (tertiary/aromatic N) is 3. The average molecular weight is 404 g/mol. The summed E-state index contributed by atoms with van der Waals surface area (Å²) in [5.74, 6) is -1.13. The van der Waals surface area contributed by atoms with Crippen molar-refractivity contribution in [3.8, 4) is 5.69 Å². The number of alkyl halides is 3. The van der Waals surface area contributed by atoms with Gasteiger partial charge in [0, 0.05) is 31.3 Å². The van der Waals surface area contributed by atoms with Crippen LogP contribution in [-0.2, 0) is 19.0 Å². The first-order valence-corrected chi connectivity index (χ1v) is 8.91. The van der Waals surface area contributed by atoms with Crippen LogP contribution in [0, 0.1) is 12.7 Å². The van der Waals surface area contributed by atoms with E-state index in [0.29, 0.717) is 41.7 Å². The predicted molar refractivity (Wildman–Crippen MR) is 96.3 cm³/mol. The van der Waals surface area contributed by atoms with Crippen LogP contribution in [-0.4, -0.2) is 27.2 Å². The second-order valence-electron chi connectivity index (χ2n) is 6.85. The summed E-state index contributed by atoms with van der Waals surface area (Å²) in [6.45, 7) is 2.24. The van der Waals surface area contributed by atoms with E-state index in [4.69, 9.17) is 0 Å². The summed E-state index contributed by atoms with van der Waals surface area (Å²) < 4.78 is 54.1. The van der Waals surface area contributed by atoms with E-state index < -0.39 is 17.6 Å². The Morgan fingerprint density at radius 2 is 2.00 bits per heavy atom. The summed E-state index contributed by atoms with van der Waals surface area (Å²) in [5.41, 5.74) is 2.13. The van der Waals surface area contributed by atoms with Gasteiger partial charge in [-0.05, 0) is 42.8 Å². The zero-order valence-corrected chi connectivity index (χ0v) is 15.3. The van der Waals surface area contributed by atoms with Crippen molar-refractivity contribution >= 4 is 5.91 Å². The van der Waals surface area contributed by atoms with E-state index in [1.165, 1.54) is 6.20 Å². The average Bonchev–Trinajstić information content (AvgIpc) is 2.99. The smallest absolute Gasteiger partial charge is 0.352 e. The highest BCUT2D eigenvalue weighted by Crippen LogP contribution is 2.31. The molecule has 0 fully saturated rings. The molecule has 0 atom stereocenters. The Kier molecular flexibility index (Phi) is 4.60. The largest absolute Gasteiger partial charge is 0.416 e. The van der Waals surface area contributed by atoms with Gasteiger partial charge in [-0.3, -0.25) is 9.78 Å². The summed E-state index contributed by atoms with van der Waals surface area (Å²) in [6, 6.07) is 5.83. The molecule has 0 bridgehead atoms. The first kappa shape index (κ1) is 19.1. The van der Waals surface area contributed by atoms with Gasteiger partial charge in [-0.15, -0.1) is 0 Å². The SMILES string of the molecule is Cc1nn(-c2ccnc(Cc3cc(F)cc(C(F)(F)F)c3)c2)c2c1C(=O)NCC2. The summed E-state index contributed by atoms with van der Waals surface area (Å²) >= 11 is 0. The third kappa shape index (κ3) is 3.72. The summed E-state index contributed by atoms with van der Waals surface area (Å²) in [6.07, 6.45) is -2.48. The fourth-order valence-electron chi connectivity index (χ4n) is 3.52. The molecule has 1 N–H and O–H groups in total. The number of aromatic nitrogens is 3. The molecule has 150 valence electrons. The highest BCUT2D eigenvalue weighted by atomic mass is 19.4. The maximum absolute atomic E-state index is 13.7. The number of hydrogen-bond donors (Lipinski definition) is 1. The zero-order valence-electron chi connectivity index (χ0n) is 15.3. The van der Waals surface area contributed by atoms with E-state index in [1.807, 2.05) is 0 Å². The Hall–Kier alpha value is -3.23. The van der Waals surface area contributed by atoms with Crippen molar-refractivity contribution in [2.75, 3.05) is 6.54 Å². The van der Waals surface area contributed by atoms with Gasteiger partial charge in [0.1, 0.15) is 5.82 Å². The van der Waals surface area contributed by atoms with Gasteiger partial charge in [0.15, 0.2) is 0 Å². The minimum atomic E-state index is -4.63. The minimum absolute atomic E-state index is 0.0254. The third-order valence-corrected chi connectivity index (χ3v) is 4.75. The van der Waals surface area contributed by atoms with Crippen LogP contribution in [0.5, 0.6) is 0 Å². The molecule has 0 unspecified atom stereocenters. The molecule has 3 aromatic rings. The minimum Gasteiger partial charge on any atom is -0.352 e. The van der Waals surface area contributed by atoms with Crippen LogP contribution in [0.3, 0.4) is 0 Å². The molecular weight excluding hydrogens is 388 g/mol. The number of hydrogen-bond acceptors (Lipinski definition) is 3. The van der Waals surface area contributed by atoms with Gasteiger partial charge < -0.3 is 5.32 Å². The molecule has 4 rings (SSSR count). The lowest BCUT2D eigenvalue weighted by Gasteiger charge is -2.15.